The fourth-order valence-electron chi connectivity index (χ4n) is 2.90. The Morgan fingerprint density at radius 1 is 1.00 bits per heavy atom. The first-order valence-corrected chi connectivity index (χ1v) is 11.3. The van der Waals surface area contributed by atoms with Gasteiger partial charge in [-0.3, -0.25) is 9.10 Å². The van der Waals surface area contributed by atoms with Gasteiger partial charge in [0.1, 0.15) is 5.75 Å². The molecule has 0 fully saturated rings. The molecule has 0 saturated carbocycles. The summed E-state index contributed by atoms with van der Waals surface area (Å²) < 4.78 is 38.0. The van der Waals surface area contributed by atoms with Gasteiger partial charge in [0.25, 0.3) is 10.0 Å². The highest BCUT2D eigenvalue weighted by Crippen LogP contribution is 2.26. The summed E-state index contributed by atoms with van der Waals surface area (Å²) in [6.07, 6.45) is 3.03. The molecule has 0 radical (unpaired) electrons. The molecule has 29 heavy (non-hydrogen) atoms. The van der Waals surface area contributed by atoms with E-state index in [-0.39, 0.29) is 24.5 Å². The van der Waals surface area contributed by atoms with Crippen LogP contribution in [0.15, 0.2) is 53.4 Å². The molecule has 2 rings (SSSR count). The number of hydrogen-bond acceptors (Lipinski definition) is 5. The molecule has 0 spiro atoms. The average Bonchev–Trinajstić information content (AvgIpc) is 2.73. The van der Waals surface area contributed by atoms with Gasteiger partial charge in [-0.25, -0.2) is 8.42 Å². The van der Waals surface area contributed by atoms with E-state index in [1.807, 2.05) is 12.1 Å². The molecular formula is C22H29NO5S. The number of hydrogen-bond donors (Lipinski definition) is 0. The zero-order valence-corrected chi connectivity index (χ0v) is 18.1. The van der Waals surface area contributed by atoms with Crippen LogP contribution in [0.3, 0.4) is 0 Å². The van der Waals surface area contributed by atoms with Crippen molar-refractivity contribution in [2.24, 2.45) is 0 Å². The number of benzene rings is 2. The number of carbonyl (C=O) groups is 1. The van der Waals surface area contributed by atoms with Gasteiger partial charge in [0.05, 0.1) is 30.7 Å². The zero-order valence-electron chi connectivity index (χ0n) is 17.3. The Morgan fingerprint density at radius 3 is 2.21 bits per heavy atom. The molecule has 0 bridgehead atoms. The third kappa shape index (κ3) is 6.22. The maximum Gasteiger partial charge on any atom is 0.307 e. The Labute approximate surface area is 173 Å². The Bertz CT molecular complexity index is 876. The van der Waals surface area contributed by atoms with Gasteiger partial charge in [-0.05, 0) is 61.7 Å². The van der Waals surface area contributed by atoms with E-state index >= 15 is 0 Å². The van der Waals surface area contributed by atoms with Crippen molar-refractivity contribution in [1.29, 1.82) is 0 Å². The number of methoxy groups -OCH3 is 1. The van der Waals surface area contributed by atoms with Gasteiger partial charge in [0.15, 0.2) is 0 Å². The molecule has 0 aliphatic rings. The average molecular weight is 420 g/mol. The van der Waals surface area contributed by atoms with Crippen LogP contribution in [0.5, 0.6) is 5.75 Å². The number of nitrogens with zero attached hydrogens (tertiary/aromatic N) is 1. The summed E-state index contributed by atoms with van der Waals surface area (Å²) in [6.45, 7) is 4.09. The largest absolute Gasteiger partial charge is 0.497 e. The molecule has 0 atom stereocenters. The highest BCUT2D eigenvalue weighted by Gasteiger charge is 2.26. The predicted octanol–water partition coefficient (Wildman–Crippen LogP) is 4.19. The molecule has 0 heterocycles. The van der Waals surface area contributed by atoms with E-state index < -0.39 is 16.0 Å². The van der Waals surface area contributed by atoms with Gasteiger partial charge >= 0.3 is 5.97 Å². The van der Waals surface area contributed by atoms with Crippen molar-refractivity contribution in [3.8, 4) is 5.75 Å². The molecule has 158 valence electrons. The molecule has 0 aliphatic heterocycles. The fourth-order valence-corrected chi connectivity index (χ4v) is 4.36. The number of anilines is 1. The van der Waals surface area contributed by atoms with Crippen molar-refractivity contribution in [1.82, 2.24) is 0 Å². The minimum absolute atomic E-state index is 0.00885. The van der Waals surface area contributed by atoms with Crippen molar-refractivity contribution in [2.75, 3.05) is 24.6 Å². The van der Waals surface area contributed by atoms with Gasteiger partial charge in [-0.2, -0.15) is 0 Å². The number of sulfonamides is 1. The van der Waals surface area contributed by atoms with E-state index in [0.717, 1.165) is 24.8 Å². The van der Waals surface area contributed by atoms with Crippen LogP contribution in [0.1, 0.15) is 38.7 Å². The van der Waals surface area contributed by atoms with Gasteiger partial charge in [-0.15, -0.1) is 0 Å². The summed E-state index contributed by atoms with van der Waals surface area (Å²) in [4.78, 5) is 12.0. The van der Waals surface area contributed by atoms with Crippen LogP contribution in [0, 0.1) is 0 Å². The Hall–Kier alpha value is -2.54. The Morgan fingerprint density at radius 2 is 1.66 bits per heavy atom. The number of carbonyl (C=O) groups excluding carboxylic acids is 1. The third-order valence-electron chi connectivity index (χ3n) is 4.52. The summed E-state index contributed by atoms with van der Waals surface area (Å²) in [6, 6.07) is 13.7. The van der Waals surface area contributed by atoms with Crippen molar-refractivity contribution < 1.29 is 22.7 Å². The van der Waals surface area contributed by atoms with E-state index in [4.69, 9.17) is 9.47 Å². The van der Waals surface area contributed by atoms with Crippen molar-refractivity contribution in [2.45, 2.75) is 44.4 Å². The number of rotatable bonds is 11. The monoisotopic (exact) mass is 419 g/mol. The second-order valence-corrected chi connectivity index (χ2v) is 8.44. The molecule has 0 aliphatic carbocycles. The highest BCUT2D eigenvalue weighted by atomic mass is 32.2. The van der Waals surface area contributed by atoms with E-state index in [1.54, 1.807) is 50.4 Å². The third-order valence-corrected chi connectivity index (χ3v) is 6.36. The van der Waals surface area contributed by atoms with Crippen LogP contribution in [0.4, 0.5) is 5.69 Å². The molecule has 0 amide bonds. The number of unbranched alkanes of at least 4 members (excludes halogenated alkanes) is 1. The van der Waals surface area contributed by atoms with Crippen molar-refractivity contribution >= 4 is 21.7 Å². The maximum absolute atomic E-state index is 13.3. The van der Waals surface area contributed by atoms with E-state index in [1.165, 1.54) is 4.31 Å². The van der Waals surface area contributed by atoms with Crippen LogP contribution in [0.25, 0.3) is 0 Å². The molecule has 7 heteroatoms. The lowest BCUT2D eigenvalue weighted by molar-refractivity contribution is -0.142. The lowest BCUT2D eigenvalue weighted by Crippen LogP contribution is -2.33. The van der Waals surface area contributed by atoms with Crippen molar-refractivity contribution in [3.63, 3.8) is 0 Å². The first-order valence-electron chi connectivity index (χ1n) is 9.83. The molecule has 0 saturated heterocycles. The molecule has 2 aromatic rings. The molecule has 6 nitrogen and oxygen atoms in total. The Balaban J connectivity index is 2.32. The summed E-state index contributed by atoms with van der Waals surface area (Å²) in [7, 11) is -2.29. The summed E-state index contributed by atoms with van der Waals surface area (Å²) in [5.41, 5.74) is 1.57. The molecule has 0 N–H and O–H groups in total. The van der Waals surface area contributed by atoms with Crippen molar-refractivity contribution in [3.05, 3.63) is 54.1 Å². The summed E-state index contributed by atoms with van der Waals surface area (Å²) >= 11 is 0. The van der Waals surface area contributed by atoms with Crippen LogP contribution in [-0.2, 0) is 26.0 Å². The lowest BCUT2D eigenvalue weighted by Gasteiger charge is -2.24. The number of aryl methyl sites for hydroxylation is 1. The minimum atomic E-state index is -3.84. The fraction of sp³-hybridized carbons (Fsp3) is 0.409. The first kappa shape index (κ1) is 22.7. The normalized spacial score (nSPS) is 11.1. The van der Waals surface area contributed by atoms with E-state index in [0.29, 0.717) is 11.4 Å². The molecule has 0 aromatic heterocycles. The first-order chi connectivity index (χ1) is 13.9. The molecule has 2 aromatic carbocycles. The highest BCUT2D eigenvalue weighted by molar-refractivity contribution is 7.92. The van der Waals surface area contributed by atoms with Crippen LogP contribution < -0.4 is 9.04 Å². The maximum atomic E-state index is 13.3. The topological polar surface area (TPSA) is 72.9 Å². The van der Waals surface area contributed by atoms with Gasteiger partial charge in [0.2, 0.25) is 0 Å². The predicted molar refractivity (Wildman–Crippen MR) is 114 cm³/mol. The van der Waals surface area contributed by atoms with Gasteiger partial charge in [-0.1, -0.05) is 25.5 Å². The standard InChI is InChI=1S/C22H29NO5S/c1-4-6-7-18-8-14-21(15-9-18)29(25,26)23(17-16-22(24)28-5-2)19-10-12-20(27-3)13-11-19/h8-15H,4-7,16-17H2,1-3H3. The quantitative estimate of drug-likeness (QED) is 0.511. The second kappa shape index (κ2) is 10.9. The van der Waals surface area contributed by atoms with Crippen LogP contribution in [-0.4, -0.2) is 34.6 Å². The smallest absolute Gasteiger partial charge is 0.307 e. The summed E-state index contributed by atoms with van der Waals surface area (Å²) in [5, 5.41) is 0. The number of esters is 1. The van der Waals surface area contributed by atoms with Gasteiger partial charge < -0.3 is 9.47 Å². The van der Waals surface area contributed by atoms with Gasteiger partial charge in [0, 0.05) is 6.54 Å². The minimum Gasteiger partial charge on any atom is -0.497 e. The summed E-state index contributed by atoms with van der Waals surface area (Å²) in [5.74, 6) is 0.188. The molecular weight excluding hydrogens is 390 g/mol. The zero-order chi connectivity index (χ0) is 21.3. The Kier molecular flexibility index (Phi) is 8.51. The second-order valence-electron chi connectivity index (χ2n) is 6.58. The SMILES string of the molecule is CCCCc1ccc(S(=O)(=O)N(CCC(=O)OCC)c2ccc(OC)cc2)cc1. The molecule has 0 unspecified atom stereocenters. The van der Waals surface area contributed by atoms with Crippen LogP contribution in [0.2, 0.25) is 0 Å². The van der Waals surface area contributed by atoms with Crippen LogP contribution >= 0.6 is 0 Å². The van der Waals surface area contributed by atoms with E-state index in [9.17, 15) is 13.2 Å². The van der Waals surface area contributed by atoms with E-state index in [2.05, 4.69) is 6.92 Å². The number of ether oxygens (including phenoxy) is 2. The lowest BCUT2D eigenvalue weighted by atomic mass is 10.1.